The molecule has 0 unspecified atom stereocenters. The van der Waals surface area contributed by atoms with E-state index in [2.05, 4.69) is 5.32 Å². The van der Waals surface area contributed by atoms with E-state index in [9.17, 15) is 4.79 Å². The van der Waals surface area contributed by atoms with Crippen molar-refractivity contribution in [3.05, 3.63) is 35.9 Å². The summed E-state index contributed by atoms with van der Waals surface area (Å²) in [4.78, 5) is 11.0. The van der Waals surface area contributed by atoms with Gasteiger partial charge >= 0.3 is 6.09 Å². The Hall–Kier alpha value is -1.20. The van der Waals surface area contributed by atoms with Gasteiger partial charge in [-0.3, -0.25) is 0 Å². The van der Waals surface area contributed by atoms with Crippen molar-refractivity contribution >= 4 is 17.9 Å². The number of cyclic esters (lactones) is 1. The molecular formula is C11H13NO3S. The number of nitrogens with one attached hydrogen (secondary N) is 1. The van der Waals surface area contributed by atoms with E-state index in [4.69, 9.17) is 9.84 Å². The molecule has 0 saturated carbocycles. The van der Waals surface area contributed by atoms with Crippen molar-refractivity contribution in [1.82, 2.24) is 5.32 Å². The van der Waals surface area contributed by atoms with Crippen molar-refractivity contribution in [2.45, 2.75) is 17.2 Å². The van der Waals surface area contributed by atoms with Crippen molar-refractivity contribution in [3.8, 4) is 0 Å². The van der Waals surface area contributed by atoms with E-state index in [-0.39, 0.29) is 12.0 Å². The molecule has 1 aliphatic heterocycles. The van der Waals surface area contributed by atoms with Crippen LogP contribution in [0.1, 0.15) is 5.56 Å². The van der Waals surface area contributed by atoms with Crippen LogP contribution < -0.4 is 5.32 Å². The second-order valence-corrected chi connectivity index (χ2v) is 4.62. The molecule has 2 N–H and O–H groups in total. The fraction of sp³-hybridized carbons (Fsp3) is 0.364. The minimum atomic E-state index is -0.454. The van der Waals surface area contributed by atoms with Gasteiger partial charge in [-0.05, 0) is 5.56 Å². The SMILES string of the molecule is O=C1N[C@@H](SCc2ccccc2)[C@@H](CO)O1. The Labute approximate surface area is 98.0 Å². The first-order chi connectivity index (χ1) is 7.79. The molecule has 1 fully saturated rings. The molecule has 1 aliphatic rings. The highest BCUT2D eigenvalue weighted by molar-refractivity contribution is 7.99. The molecule has 0 spiro atoms. The maximum Gasteiger partial charge on any atom is 0.408 e. The first-order valence-corrected chi connectivity index (χ1v) is 6.08. The Kier molecular flexibility index (Phi) is 3.69. The van der Waals surface area contributed by atoms with Gasteiger partial charge in [0.05, 0.1) is 6.61 Å². The standard InChI is InChI=1S/C11H13NO3S/c13-6-9-10(12-11(14)15-9)16-7-8-4-2-1-3-5-8/h1-5,9-10,13H,6-7H2,(H,12,14)/t9-,10+/m1/s1. The number of hydrogen-bond acceptors (Lipinski definition) is 4. The fourth-order valence-corrected chi connectivity index (χ4v) is 2.58. The van der Waals surface area contributed by atoms with Crippen molar-refractivity contribution in [1.29, 1.82) is 0 Å². The summed E-state index contributed by atoms with van der Waals surface area (Å²) in [6.45, 7) is -0.148. The first-order valence-electron chi connectivity index (χ1n) is 5.03. The van der Waals surface area contributed by atoms with Crippen molar-refractivity contribution in [3.63, 3.8) is 0 Å². The van der Waals surface area contributed by atoms with Crippen LogP contribution in [0, 0.1) is 0 Å². The van der Waals surface area contributed by atoms with Gasteiger partial charge < -0.3 is 15.2 Å². The van der Waals surface area contributed by atoms with E-state index < -0.39 is 12.2 Å². The zero-order valence-electron chi connectivity index (χ0n) is 8.63. The number of aliphatic hydroxyl groups excluding tert-OH is 1. The lowest BCUT2D eigenvalue weighted by Crippen LogP contribution is -2.30. The molecule has 0 aliphatic carbocycles. The van der Waals surface area contributed by atoms with Crippen LogP contribution >= 0.6 is 11.8 Å². The minimum Gasteiger partial charge on any atom is -0.441 e. The van der Waals surface area contributed by atoms with E-state index in [1.807, 2.05) is 30.3 Å². The number of carbonyl (C=O) groups excluding carboxylic acids is 1. The van der Waals surface area contributed by atoms with Crippen molar-refractivity contribution in [2.75, 3.05) is 6.61 Å². The molecule has 16 heavy (non-hydrogen) atoms. The summed E-state index contributed by atoms with van der Waals surface area (Å²) < 4.78 is 4.89. The van der Waals surface area contributed by atoms with Crippen LogP contribution in [0.25, 0.3) is 0 Å². The van der Waals surface area contributed by atoms with Gasteiger partial charge in [0.1, 0.15) is 5.37 Å². The quantitative estimate of drug-likeness (QED) is 0.832. The van der Waals surface area contributed by atoms with E-state index in [1.54, 1.807) is 11.8 Å². The summed E-state index contributed by atoms with van der Waals surface area (Å²) >= 11 is 1.56. The summed E-state index contributed by atoms with van der Waals surface area (Å²) in [6.07, 6.45) is -0.897. The van der Waals surface area contributed by atoms with Crippen LogP contribution in [0.15, 0.2) is 30.3 Å². The number of amides is 1. The average Bonchev–Trinajstić information content (AvgIpc) is 2.68. The third kappa shape index (κ3) is 2.68. The second kappa shape index (κ2) is 5.23. The molecule has 86 valence electrons. The Morgan fingerprint density at radius 2 is 2.12 bits per heavy atom. The number of carbonyl (C=O) groups is 1. The van der Waals surface area contributed by atoms with Crippen LogP contribution in [-0.4, -0.2) is 29.3 Å². The van der Waals surface area contributed by atoms with Gasteiger partial charge in [-0.25, -0.2) is 4.79 Å². The zero-order valence-corrected chi connectivity index (χ0v) is 9.44. The summed E-state index contributed by atoms with van der Waals surface area (Å²) in [5, 5.41) is 11.5. The maximum absolute atomic E-state index is 11.0. The molecule has 2 rings (SSSR count). The van der Waals surface area contributed by atoms with Crippen LogP contribution in [0.4, 0.5) is 4.79 Å². The fourth-order valence-electron chi connectivity index (χ4n) is 1.48. The number of hydrogen-bond donors (Lipinski definition) is 2. The monoisotopic (exact) mass is 239 g/mol. The first kappa shape index (κ1) is 11.3. The van der Waals surface area contributed by atoms with Gasteiger partial charge in [0.25, 0.3) is 0 Å². The van der Waals surface area contributed by atoms with Crippen molar-refractivity contribution < 1.29 is 14.6 Å². The third-order valence-corrected chi connectivity index (χ3v) is 3.59. The molecule has 1 aromatic rings. The van der Waals surface area contributed by atoms with Crippen molar-refractivity contribution in [2.24, 2.45) is 0 Å². The molecule has 1 saturated heterocycles. The van der Waals surface area contributed by atoms with Gasteiger partial charge in [-0.2, -0.15) is 0 Å². The summed E-state index contributed by atoms with van der Waals surface area (Å²) in [7, 11) is 0. The smallest absolute Gasteiger partial charge is 0.408 e. The van der Waals surface area contributed by atoms with Crippen LogP contribution in [-0.2, 0) is 10.5 Å². The number of alkyl carbamates (subject to hydrolysis) is 1. The maximum atomic E-state index is 11.0. The lowest BCUT2D eigenvalue weighted by molar-refractivity contribution is 0.0928. The van der Waals surface area contributed by atoms with E-state index in [0.717, 1.165) is 5.75 Å². The average molecular weight is 239 g/mol. The number of thioether (sulfide) groups is 1. The lowest BCUT2D eigenvalue weighted by atomic mass is 10.2. The number of rotatable bonds is 4. The van der Waals surface area contributed by atoms with Gasteiger partial charge in [-0.15, -0.1) is 11.8 Å². The van der Waals surface area contributed by atoms with Gasteiger partial charge in [0.15, 0.2) is 6.10 Å². The normalized spacial score (nSPS) is 23.9. The Morgan fingerprint density at radius 1 is 1.38 bits per heavy atom. The molecular weight excluding hydrogens is 226 g/mol. The summed E-state index contributed by atoms with van der Waals surface area (Å²) in [5.74, 6) is 0.783. The predicted molar refractivity (Wildman–Crippen MR) is 62.0 cm³/mol. The molecule has 1 aromatic carbocycles. The third-order valence-electron chi connectivity index (χ3n) is 2.31. The second-order valence-electron chi connectivity index (χ2n) is 3.49. The largest absolute Gasteiger partial charge is 0.441 e. The summed E-state index contributed by atoms with van der Waals surface area (Å²) in [5.41, 5.74) is 1.19. The van der Waals surface area contributed by atoms with E-state index in [1.165, 1.54) is 5.56 Å². The Balaban J connectivity index is 1.88. The molecule has 1 heterocycles. The number of benzene rings is 1. The summed E-state index contributed by atoms with van der Waals surface area (Å²) in [6, 6.07) is 9.97. The zero-order chi connectivity index (χ0) is 11.4. The highest BCUT2D eigenvalue weighted by Gasteiger charge is 2.33. The minimum absolute atomic E-state index is 0.148. The van der Waals surface area contributed by atoms with E-state index in [0.29, 0.717) is 0 Å². The van der Waals surface area contributed by atoms with Gasteiger partial charge in [0.2, 0.25) is 0 Å². The van der Waals surface area contributed by atoms with Gasteiger partial charge in [0, 0.05) is 5.75 Å². The van der Waals surface area contributed by atoms with Crippen LogP contribution in [0.5, 0.6) is 0 Å². The van der Waals surface area contributed by atoms with E-state index >= 15 is 0 Å². The predicted octanol–water partition coefficient (Wildman–Crippen LogP) is 1.35. The molecule has 0 aromatic heterocycles. The van der Waals surface area contributed by atoms with Crippen LogP contribution in [0.3, 0.4) is 0 Å². The molecule has 2 atom stereocenters. The molecule has 0 radical (unpaired) electrons. The highest BCUT2D eigenvalue weighted by Crippen LogP contribution is 2.23. The highest BCUT2D eigenvalue weighted by atomic mass is 32.2. The molecule has 0 bridgehead atoms. The lowest BCUT2D eigenvalue weighted by Gasteiger charge is -2.13. The topological polar surface area (TPSA) is 58.6 Å². The molecule has 4 nitrogen and oxygen atoms in total. The molecule has 1 amide bonds. The van der Waals surface area contributed by atoms with Crippen LogP contribution in [0.2, 0.25) is 0 Å². The number of ether oxygens (including phenoxy) is 1. The Bertz CT molecular complexity index is 358. The Morgan fingerprint density at radius 3 is 2.81 bits per heavy atom. The van der Waals surface area contributed by atoms with Gasteiger partial charge in [-0.1, -0.05) is 30.3 Å². The number of aliphatic hydroxyl groups is 1. The molecule has 5 heteroatoms.